The van der Waals surface area contributed by atoms with Crippen LogP contribution < -0.4 is 5.32 Å². The summed E-state index contributed by atoms with van der Waals surface area (Å²) in [6.07, 6.45) is 11.1. The van der Waals surface area contributed by atoms with Crippen LogP contribution in [0.2, 0.25) is 5.02 Å². The molecule has 1 N–H and O–H groups in total. The Morgan fingerprint density at radius 3 is 2.14 bits per heavy atom. The molecule has 0 spiro atoms. The molecule has 1 aromatic rings. The molecule has 1 atom stereocenters. The topological polar surface area (TPSA) is 21.3 Å². The molecular weight excluding hydrogens is 366 g/mol. The van der Waals surface area contributed by atoms with Gasteiger partial charge in [0.05, 0.1) is 0 Å². The summed E-state index contributed by atoms with van der Waals surface area (Å²) in [5, 5.41) is 4.00. The van der Waals surface area contributed by atoms with Crippen LogP contribution in [0.5, 0.6) is 0 Å². The second-order valence-corrected chi connectivity index (χ2v) is 6.99. The van der Waals surface area contributed by atoms with E-state index in [0.29, 0.717) is 6.04 Å². The van der Waals surface area contributed by atoms with Gasteiger partial charge in [-0.3, -0.25) is 0 Å². The van der Waals surface area contributed by atoms with Crippen molar-refractivity contribution in [3.05, 3.63) is 64.9 Å². The lowest BCUT2D eigenvalue weighted by Crippen LogP contribution is -2.24. The number of hydrogen-bond acceptors (Lipinski definition) is 2. The predicted octanol–water partition coefficient (Wildman–Crippen LogP) is 7.19. The highest BCUT2D eigenvalue weighted by Crippen LogP contribution is 2.14. The van der Waals surface area contributed by atoms with Gasteiger partial charge in [0, 0.05) is 30.0 Å². The monoisotopic (exact) mass is 403 g/mol. The van der Waals surface area contributed by atoms with Crippen molar-refractivity contribution < 1.29 is 4.74 Å². The van der Waals surface area contributed by atoms with Crippen LogP contribution in [0.15, 0.2) is 48.7 Å². The van der Waals surface area contributed by atoms with Crippen LogP contribution in [-0.2, 0) is 4.74 Å². The standard InChI is InChI=1S/C9H9Cl.C9H17N.C4H8O.C3H4/c1-3-8-4-7(2)5-9(10)6-8;1-6-8(4)9(5)10-7(2)3;1-2-4-5-3-1;1-3-2/h3-6H,1H2,2H3;6,9-10H,2H2,1,3-5H3;1-4H2;1H,2H3/b;8-6+;;. The molecule has 0 aliphatic carbocycles. The third kappa shape index (κ3) is 17.5. The molecule has 1 heterocycles. The van der Waals surface area contributed by atoms with Crippen LogP contribution >= 0.6 is 11.6 Å². The average Bonchev–Trinajstić information content (AvgIpc) is 3.20. The van der Waals surface area contributed by atoms with Crippen molar-refractivity contribution in [3.63, 3.8) is 0 Å². The molecule has 1 aliphatic heterocycles. The van der Waals surface area contributed by atoms with Crippen molar-refractivity contribution in [1.82, 2.24) is 5.32 Å². The van der Waals surface area contributed by atoms with Crippen molar-refractivity contribution >= 4 is 17.7 Å². The molecule has 1 fully saturated rings. The van der Waals surface area contributed by atoms with E-state index < -0.39 is 0 Å². The quantitative estimate of drug-likeness (QED) is 0.424. The minimum absolute atomic E-state index is 0.419. The van der Waals surface area contributed by atoms with E-state index in [4.69, 9.17) is 16.3 Å². The second-order valence-electron chi connectivity index (χ2n) is 6.55. The number of benzene rings is 1. The first-order valence-corrected chi connectivity index (χ1v) is 9.99. The lowest BCUT2D eigenvalue weighted by molar-refractivity contribution is 0.198. The maximum atomic E-state index is 5.78. The summed E-state index contributed by atoms with van der Waals surface area (Å²) in [5.41, 5.74) is 4.61. The summed E-state index contributed by atoms with van der Waals surface area (Å²) in [6.45, 7) is 21.4. The second kappa shape index (κ2) is 18.4. The van der Waals surface area contributed by atoms with E-state index in [9.17, 15) is 0 Å². The molecule has 1 saturated heterocycles. The summed E-state index contributed by atoms with van der Waals surface area (Å²) in [7, 11) is 0. The van der Waals surface area contributed by atoms with Crippen LogP contribution in [0.3, 0.4) is 0 Å². The Balaban J connectivity index is 0. The fourth-order valence-electron chi connectivity index (χ4n) is 2.13. The summed E-state index contributed by atoms with van der Waals surface area (Å²) in [5.74, 6) is 2.25. The van der Waals surface area contributed by atoms with Gasteiger partial charge in [0.2, 0.25) is 0 Å². The van der Waals surface area contributed by atoms with E-state index in [1.165, 1.54) is 24.0 Å². The van der Waals surface area contributed by atoms with Crippen molar-refractivity contribution in [2.75, 3.05) is 13.2 Å². The number of aryl methyl sites for hydroxylation is 1. The molecule has 2 nitrogen and oxygen atoms in total. The van der Waals surface area contributed by atoms with Crippen LogP contribution in [0, 0.1) is 19.3 Å². The Labute approximate surface area is 178 Å². The third-order valence-electron chi connectivity index (χ3n) is 3.73. The molecule has 0 aromatic heterocycles. The van der Waals surface area contributed by atoms with Gasteiger partial charge in [0.1, 0.15) is 0 Å². The van der Waals surface area contributed by atoms with Gasteiger partial charge in [0.25, 0.3) is 0 Å². The number of allylic oxidation sites excluding steroid dienone is 2. The lowest BCUT2D eigenvalue weighted by atomic mass is 10.1. The van der Waals surface area contributed by atoms with E-state index in [-0.39, 0.29) is 0 Å². The number of halogens is 1. The summed E-state index contributed by atoms with van der Waals surface area (Å²) >= 11 is 5.78. The largest absolute Gasteiger partial charge is 0.383 e. The van der Waals surface area contributed by atoms with Crippen molar-refractivity contribution in [3.8, 4) is 12.3 Å². The van der Waals surface area contributed by atoms with Crippen LogP contribution in [-0.4, -0.2) is 19.3 Å². The van der Waals surface area contributed by atoms with Gasteiger partial charge in [-0.25, -0.2) is 0 Å². The van der Waals surface area contributed by atoms with E-state index in [1.54, 1.807) is 13.0 Å². The average molecular weight is 404 g/mol. The maximum Gasteiger partial charge on any atom is 0.0466 e. The highest BCUT2D eigenvalue weighted by Gasteiger charge is 1.99. The molecule has 0 saturated carbocycles. The SMILES string of the molecule is C#CC.C1CCOC1.C=C(C)NC(C)/C(C)=C/C.C=Cc1cc(C)cc(Cl)c1. The number of nitrogens with one attached hydrogen (secondary N) is 1. The molecule has 3 heteroatoms. The molecule has 28 heavy (non-hydrogen) atoms. The fourth-order valence-corrected chi connectivity index (χ4v) is 2.42. The van der Waals surface area contributed by atoms with Crippen LogP contribution in [0.4, 0.5) is 0 Å². The first kappa shape index (κ1) is 28.3. The van der Waals surface area contributed by atoms with Gasteiger partial charge >= 0.3 is 0 Å². The molecule has 0 radical (unpaired) electrons. The molecule has 156 valence electrons. The molecule has 0 bridgehead atoms. The minimum atomic E-state index is 0.419. The van der Waals surface area contributed by atoms with Gasteiger partial charge in [-0.05, 0) is 77.6 Å². The van der Waals surface area contributed by atoms with E-state index >= 15 is 0 Å². The van der Waals surface area contributed by atoms with E-state index in [2.05, 4.69) is 50.7 Å². The van der Waals surface area contributed by atoms with Crippen molar-refractivity contribution in [2.24, 2.45) is 0 Å². The molecule has 2 rings (SSSR count). The minimum Gasteiger partial charge on any atom is -0.383 e. The Bertz CT molecular complexity index is 609. The number of hydrogen-bond donors (Lipinski definition) is 1. The van der Waals surface area contributed by atoms with Gasteiger partial charge in [-0.1, -0.05) is 48.6 Å². The normalized spacial score (nSPS) is 13.1. The molecule has 1 unspecified atom stereocenters. The summed E-state index contributed by atoms with van der Waals surface area (Å²) in [4.78, 5) is 0. The van der Waals surface area contributed by atoms with Gasteiger partial charge in [0.15, 0.2) is 0 Å². The smallest absolute Gasteiger partial charge is 0.0466 e. The van der Waals surface area contributed by atoms with Crippen LogP contribution in [0.25, 0.3) is 6.08 Å². The van der Waals surface area contributed by atoms with Crippen molar-refractivity contribution in [2.45, 2.75) is 60.4 Å². The maximum absolute atomic E-state index is 5.78. The highest BCUT2D eigenvalue weighted by molar-refractivity contribution is 6.30. The molecule has 0 amide bonds. The zero-order valence-electron chi connectivity index (χ0n) is 18.6. The Hall–Kier alpha value is -1.95. The Morgan fingerprint density at radius 2 is 1.82 bits per heavy atom. The Kier molecular flexibility index (Phi) is 18.6. The summed E-state index contributed by atoms with van der Waals surface area (Å²) in [6, 6.07) is 6.28. The fraction of sp³-hybridized carbons (Fsp3) is 0.440. The number of terminal acetylenes is 1. The van der Waals surface area contributed by atoms with Gasteiger partial charge in [-0.15, -0.1) is 12.3 Å². The summed E-state index contributed by atoms with van der Waals surface area (Å²) < 4.78 is 4.94. The van der Waals surface area contributed by atoms with Gasteiger partial charge in [-0.2, -0.15) is 0 Å². The zero-order valence-corrected chi connectivity index (χ0v) is 19.3. The van der Waals surface area contributed by atoms with Gasteiger partial charge < -0.3 is 10.1 Å². The third-order valence-corrected chi connectivity index (χ3v) is 3.95. The zero-order chi connectivity index (χ0) is 21.9. The first-order valence-electron chi connectivity index (χ1n) is 9.61. The van der Waals surface area contributed by atoms with E-state index in [1.807, 2.05) is 39.0 Å². The Morgan fingerprint density at radius 1 is 1.29 bits per heavy atom. The van der Waals surface area contributed by atoms with E-state index in [0.717, 1.165) is 29.5 Å². The number of rotatable bonds is 4. The number of ether oxygens (including phenoxy) is 1. The highest BCUT2D eigenvalue weighted by atomic mass is 35.5. The first-order chi connectivity index (χ1) is 13.2. The molecular formula is C25H38ClNO. The lowest BCUT2D eigenvalue weighted by Gasteiger charge is -2.14. The van der Waals surface area contributed by atoms with Crippen molar-refractivity contribution in [1.29, 1.82) is 0 Å². The molecule has 1 aliphatic rings. The molecule has 1 aromatic carbocycles. The van der Waals surface area contributed by atoms with Crippen LogP contribution in [0.1, 0.15) is 58.6 Å². The predicted molar refractivity (Wildman–Crippen MR) is 128 cm³/mol.